The van der Waals surface area contributed by atoms with Crippen LogP contribution in [0.2, 0.25) is 0 Å². The molecule has 2 rings (SSSR count). The molecule has 0 aliphatic heterocycles. The van der Waals surface area contributed by atoms with Crippen molar-refractivity contribution in [3.8, 4) is 11.1 Å². The maximum absolute atomic E-state index is 13.8. The van der Waals surface area contributed by atoms with Crippen LogP contribution in [0.1, 0.15) is 15.9 Å². The van der Waals surface area contributed by atoms with Crippen LogP contribution in [0.3, 0.4) is 0 Å². The van der Waals surface area contributed by atoms with Gasteiger partial charge in [-0.2, -0.15) is 13.2 Å². The highest BCUT2D eigenvalue weighted by Gasteiger charge is 2.32. The van der Waals surface area contributed by atoms with E-state index in [-0.39, 0.29) is 0 Å². The Kier molecular flexibility index (Phi) is 4.06. The second-order valence-electron chi connectivity index (χ2n) is 4.39. The van der Waals surface area contributed by atoms with E-state index in [0.29, 0.717) is 24.3 Å². The molecule has 0 aromatic heterocycles. The summed E-state index contributed by atoms with van der Waals surface area (Å²) in [5.74, 6) is -10.5. The number of hydrogen-bond acceptors (Lipinski definition) is 1. The lowest BCUT2D eigenvalue weighted by atomic mass is 9.99. The number of hydrogen-bond donors (Lipinski definition) is 1. The molecule has 9 heteroatoms. The number of halogens is 7. The number of carboxylic acid groups (broad SMARTS) is 1. The molecule has 0 amide bonds. The molecule has 2 nitrogen and oxygen atoms in total. The summed E-state index contributed by atoms with van der Waals surface area (Å²) in [6.45, 7) is 0. The topological polar surface area (TPSA) is 37.3 Å². The number of carbonyl (C=O) groups is 1. The van der Waals surface area contributed by atoms with Gasteiger partial charge in [0.1, 0.15) is 5.56 Å². The molecule has 0 saturated carbocycles. The molecule has 2 aromatic rings. The van der Waals surface area contributed by atoms with Crippen LogP contribution in [-0.2, 0) is 6.18 Å². The molecule has 2 aromatic carbocycles. The number of alkyl halides is 3. The normalized spacial score (nSPS) is 11.6. The first-order valence-corrected chi connectivity index (χ1v) is 5.82. The van der Waals surface area contributed by atoms with Crippen molar-refractivity contribution in [2.75, 3.05) is 0 Å². The zero-order valence-electron chi connectivity index (χ0n) is 10.8. The van der Waals surface area contributed by atoms with Crippen LogP contribution in [-0.4, -0.2) is 11.1 Å². The predicted octanol–water partition coefficient (Wildman–Crippen LogP) is 4.63. The van der Waals surface area contributed by atoms with Gasteiger partial charge >= 0.3 is 12.1 Å². The Bertz CT molecular complexity index is 750. The highest BCUT2D eigenvalue weighted by molar-refractivity contribution is 5.89. The molecule has 0 spiro atoms. The van der Waals surface area contributed by atoms with Crippen LogP contribution in [0.4, 0.5) is 30.7 Å². The van der Waals surface area contributed by atoms with Gasteiger partial charge in [0.15, 0.2) is 23.3 Å². The first-order valence-electron chi connectivity index (χ1n) is 5.82. The molecular weight excluding hydrogens is 333 g/mol. The Labute approximate surface area is 123 Å². The molecule has 1 N–H and O–H groups in total. The van der Waals surface area contributed by atoms with E-state index in [1.807, 2.05) is 0 Å². The van der Waals surface area contributed by atoms with E-state index in [1.54, 1.807) is 0 Å². The van der Waals surface area contributed by atoms with E-state index in [1.165, 1.54) is 0 Å². The highest BCUT2D eigenvalue weighted by Crippen LogP contribution is 2.35. The smallest absolute Gasteiger partial charge is 0.416 e. The summed E-state index contributed by atoms with van der Waals surface area (Å²) in [5, 5.41) is 8.54. The van der Waals surface area contributed by atoms with Crippen molar-refractivity contribution < 1.29 is 40.6 Å². The van der Waals surface area contributed by atoms with Crippen molar-refractivity contribution in [3.63, 3.8) is 0 Å². The first kappa shape index (κ1) is 16.8. The van der Waals surface area contributed by atoms with E-state index < -0.39 is 57.7 Å². The summed E-state index contributed by atoms with van der Waals surface area (Å²) in [6, 6.07) is 2.16. The van der Waals surface area contributed by atoms with Crippen LogP contribution < -0.4 is 0 Å². The van der Waals surface area contributed by atoms with Crippen LogP contribution >= 0.6 is 0 Å². The monoisotopic (exact) mass is 338 g/mol. The third-order valence-corrected chi connectivity index (χ3v) is 2.98. The van der Waals surface area contributed by atoms with E-state index in [2.05, 4.69) is 0 Å². The van der Waals surface area contributed by atoms with Gasteiger partial charge in [-0.05, 0) is 17.7 Å². The van der Waals surface area contributed by atoms with Gasteiger partial charge in [0, 0.05) is 0 Å². The summed E-state index contributed by atoms with van der Waals surface area (Å²) in [5.41, 5.74) is -4.83. The largest absolute Gasteiger partial charge is 0.477 e. The van der Waals surface area contributed by atoms with Gasteiger partial charge < -0.3 is 5.11 Å². The lowest BCUT2D eigenvalue weighted by molar-refractivity contribution is -0.137. The fourth-order valence-corrected chi connectivity index (χ4v) is 1.90. The summed E-state index contributed by atoms with van der Waals surface area (Å²) in [6.07, 6.45) is -4.71. The molecule has 122 valence electrons. The van der Waals surface area contributed by atoms with Gasteiger partial charge in [-0.15, -0.1) is 0 Å². The predicted molar refractivity (Wildman–Crippen MR) is 63.7 cm³/mol. The molecule has 0 aliphatic carbocycles. The van der Waals surface area contributed by atoms with Gasteiger partial charge in [-0.1, -0.05) is 12.1 Å². The SMILES string of the molecule is O=C(O)c1c(F)c(F)c(-c2ccc(C(F)(F)F)cc2)c(F)c1F. The standard InChI is InChI=1S/C14H5F7O2/c15-9-7(5-1-3-6(4-2-5)14(19,20)21)10(16)12(18)8(11(9)17)13(22)23/h1-4H,(H,22,23). The second kappa shape index (κ2) is 5.56. The molecule has 0 fully saturated rings. The molecule has 0 bridgehead atoms. The zero-order chi connectivity index (χ0) is 17.5. The average Bonchev–Trinajstić information content (AvgIpc) is 2.45. The van der Waals surface area contributed by atoms with Crippen molar-refractivity contribution in [1.29, 1.82) is 0 Å². The van der Waals surface area contributed by atoms with Crippen molar-refractivity contribution >= 4 is 5.97 Å². The van der Waals surface area contributed by atoms with Gasteiger partial charge in [0.25, 0.3) is 0 Å². The molecule has 0 unspecified atom stereocenters. The van der Waals surface area contributed by atoms with Crippen LogP contribution in [0, 0.1) is 23.3 Å². The van der Waals surface area contributed by atoms with Crippen molar-refractivity contribution in [3.05, 3.63) is 58.7 Å². The minimum Gasteiger partial charge on any atom is -0.477 e. The molecule has 0 heterocycles. The van der Waals surface area contributed by atoms with Gasteiger partial charge in [0.05, 0.1) is 11.1 Å². The lowest BCUT2D eigenvalue weighted by Crippen LogP contribution is -2.11. The maximum atomic E-state index is 13.8. The zero-order valence-corrected chi connectivity index (χ0v) is 10.8. The lowest BCUT2D eigenvalue weighted by Gasteiger charge is -2.11. The van der Waals surface area contributed by atoms with E-state index in [9.17, 15) is 35.5 Å². The van der Waals surface area contributed by atoms with E-state index in [0.717, 1.165) is 0 Å². The number of carboxylic acids is 1. The number of aromatic carboxylic acids is 1. The van der Waals surface area contributed by atoms with Gasteiger partial charge in [-0.3, -0.25) is 0 Å². The Morgan fingerprint density at radius 3 is 1.61 bits per heavy atom. The molecule has 0 aliphatic rings. The molecular formula is C14H5F7O2. The summed E-state index contributed by atoms with van der Waals surface area (Å²) in [4.78, 5) is 10.6. The fraction of sp³-hybridized carbons (Fsp3) is 0.0714. The minimum atomic E-state index is -4.71. The van der Waals surface area contributed by atoms with Crippen molar-refractivity contribution in [2.24, 2.45) is 0 Å². The Hall–Kier alpha value is -2.58. The third kappa shape index (κ3) is 2.86. The molecule has 0 atom stereocenters. The molecule has 0 radical (unpaired) electrons. The van der Waals surface area contributed by atoms with Crippen molar-refractivity contribution in [2.45, 2.75) is 6.18 Å². The Morgan fingerprint density at radius 2 is 1.26 bits per heavy atom. The Morgan fingerprint density at radius 1 is 0.826 bits per heavy atom. The maximum Gasteiger partial charge on any atom is 0.416 e. The number of rotatable bonds is 2. The first-order chi connectivity index (χ1) is 10.6. The second-order valence-corrected chi connectivity index (χ2v) is 4.39. The van der Waals surface area contributed by atoms with Gasteiger partial charge in [0.2, 0.25) is 0 Å². The fourth-order valence-electron chi connectivity index (χ4n) is 1.90. The highest BCUT2D eigenvalue weighted by atomic mass is 19.4. The minimum absolute atomic E-state index is 0.467. The number of benzene rings is 2. The summed E-state index contributed by atoms with van der Waals surface area (Å²) in [7, 11) is 0. The van der Waals surface area contributed by atoms with E-state index >= 15 is 0 Å². The summed E-state index contributed by atoms with van der Waals surface area (Å²) < 4.78 is 92.0. The summed E-state index contributed by atoms with van der Waals surface area (Å²) >= 11 is 0. The Balaban J connectivity index is 2.68. The van der Waals surface area contributed by atoms with E-state index in [4.69, 9.17) is 5.11 Å². The molecule has 0 saturated heterocycles. The van der Waals surface area contributed by atoms with Crippen molar-refractivity contribution in [1.82, 2.24) is 0 Å². The quantitative estimate of drug-likeness (QED) is 0.640. The van der Waals surface area contributed by atoms with Gasteiger partial charge in [-0.25, -0.2) is 22.4 Å². The average molecular weight is 338 g/mol. The van der Waals surface area contributed by atoms with Crippen LogP contribution in [0.25, 0.3) is 11.1 Å². The van der Waals surface area contributed by atoms with Crippen LogP contribution in [0.15, 0.2) is 24.3 Å². The molecule has 23 heavy (non-hydrogen) atoms. The third-order valence-electron chi connectivity index (χ3n) is 2.98. The van der Waals surface area contributed by atoms with Crippen LogP contribution in [0.5, 0.6) is 0 Å².